The molecule has 0 radical (unpaired) electrons. The van der Waals surface area contributed by atoms with Crippen molar-refractivity contribution in [1.29, 1.82) is 0 Å². The lowest BCUT2D eigenvalue weighted by molar-refractivity contribution is -0.0666. The van der Waals surface area contributed by atoms with Crippen molar-refractivity contribution in [3.8, 4) is 0 Å². The first kappa shape index (κ1) is 14.9. The molecule has 1 aliphatic rings. The van der Waals surface area contributed by atoms with Gasteiger partial charge >= 0.3 is 0 Å². The SMILES string of the molecule is CCCN1CCOC(C(COC(C)C)NN)C1. The van der Waals surface area contributed by atoms with Gasteiger partial charge in [-0.25, -0.2) is 0 Å². The summed E-state index contributed by atoms with van der Waals surface area (Å²) in [5.41, 5.74) is 2.81. The molecular weight excluding hydrogens is 218 g/mol. The molecule has 2 unspecified atom stereocenters. The summed E-state index contributed by atoms with van der Waals surface area (Å²) in [4.78, 5) is 2.42. The molecule has 1 aliphatic heterocycles. The molecule has 0 aromatic rings. The van der Waals surface area contributed by atoms with Crippen LogP contribution in [0.3, 0.4) is 0 Å². The number of hydrogen-bond acceptors (Lipinski definition) is 5. The van der Waals surface area contributed by atoms with E-state index in [9.17, 15) is 0 Å². The Morgan fingerprint density at radius 2 is 2.29 bits per heavy atom. The number of hydrazine groups is 1. The van der Waals surface area contributed by atoms with E-state index in [1.165, 1.54) is 6.42 Å². The van der Waals surface area contributed by atoms with Crippen molar-refractivity contribution in [2.24, 2.45) is 5.84 Å². The van der Waals surface area contributed by atoms with Crippen LogP contribution >= 0.6 is 0 Å². The Bertz CT molecular complexity index is 200. The summed E-state index contributed by atoms with van der Waals surface area (Å²) in [5, 5.41) is 0. The van der Waals surface area contributed by atoms with Crippen molar-refractivity contribution in [3.05, 3.63) is 0 Å². The average molecular weight is 245 g/mol. The summed E-state index contributed by atoms with van der Waals surface area (Å²) in [6, 6.07) is 0.0667. The first-order chi connectivity index (χ1) is 8.17. The molecule has 5 nitrogen and oxygen atoms in total. The molecule has 0 aromatic carbocycles. The molecule has 5 heteroatoms. The molecule has 102 valence electrons. The molecule has 3 N–H and O–H groups in total. The number of nitrogens with two attached hydrogens (primary N) is 1. The van der Waals surface area contributed by atoms with Gasteiger partial charge in [0.25, 0.3) is 0 Å². The van der Waals surface area contributed by atoms with E-state index in [0.29, 0.717) is 6.61 Å². The van der Waals surface area contributed by atoms with E-state index < -0.39 is 0 Å². The van der Waals surface area contributed by atoms with Gasteiger partial charge in [0, 0.05) is 13.1 Å². The maximum atomic E-state index is 5.78. The highest BCUT2D eigenvalue weighted by molar-refractivity contribution is 4.81. The van der Waals surface area contributed by atoms with Crippen LogP contribution in [0.15, 0.2) is 0 Å². The van der Waals surface area contributed by atoms with Gasteiger partial charge in [-0.3, -0.25) is 16.2 Å². The van der Waals surface area contributed by atoms with Crippen molar-refractivity contribution >= 4 is 0 Å². The summed E-state index contributed by atoms with van der Waals surface area (Å²) >= 11 is 0. The van der Waals surface area contributed by atoms with E-state index in [-0.39, 0.29) is 18.2 Å². The maximum absolute atomic E-state index is 5.78. The van der Waals surface area contributed by atoms with Crippen molar-refractivity contribution in [3.63, 3.8) is 0 Å². The Labute approximate surface area is 105 Å². The molecule has 1 rings (SSSR count). The van der Waals surface area contributed by atoms with Crippen molar-refractivity contribution in [2.75, 3.05) is 32.8 Å². The molecule has 0 aromatic heterocycles. The van der Waals surface area contributed by atoms with Gasteiger partial charge in [-0.15, -0.1) is 0 Å². The van der Waals surface area contributed by atoms with Crippen molar-refractivity contribution < 1.29 is 9.47 Å². The fourth-order valence-corrected chi connectivity index (χ4v) is 2.05. The van der Waals surface area contributed by atoms with E-state index in [0.717, 1.165) is 26.2 Å². The van der Waals surface area contributed by atoms with Crippen LogP contribution in [0.2, 0.25) is 0 Å². The van der Waals surface area contributed by atoms with E-state index in [1.807, 2.05) is 13.8 Å². The second-order valence-corrected chi connectivity index (χ2v) is 4.87. The van der Waals surface area contributed by atoms with Gasteiger partial charge in [0.15, 0.2) is 0 Å². The normalized spacial score (nSPS) is 24.2. The Morgan fingerprint density at radius 1 is 1.53 bits per heavy atom. The highest BCUT2D eigenvalue weighted by atomic mass is 16.5. The number of nitrogens with zero attached hydrogens (tertiary/aromatic N) is 1. The third-order valence-corrected chi connectivity index (χ3v) is 2.99. The lowest BCUT2D eigenvalue weighted by atomic mass is 10.1. The predicted molar refractivity (Wildman–Crippen MR) is 68.7 cm³/mol. The Kier molecular flexibility index (Phi) is 6.99. The van der Waals surface area contributed by atoms with Gasteiger partial charge in [0.05, 0.1) is 31.5 Å². The van der Waals surface area contributed by atoms with Gasteiger partial charge in [-0.2, -0.15) is 0 Å². The third kappa shape index (κ3) is 5.31. The third-order valence-electron chi connectivity index (χ3n) is 2.99. The molecule has 0 aliphatic carbocycles. The molecule has 1 fully saturated rings. The minimum atomic E-state index is 0.0667. The van der Waals surface area contributed by atoms with Gasteiger partial charge in [0.2, 0.25) is 0 Å². The van der Waals surface area contributed by atoms with Crippen LogP contribution in [0.5, 0.6) is 0 Å². The predicted octanol–water partition coefficient (Wildman–Crippen LogP) is 0.354. The van der Waals surface area contributed by atoms with Crippen LogP contribution in [0, 0.1) is 0 Å². The lowest BCUT2D eigenvalue weighted by Crippen LogP contribution is -2.56. The van der Waals surface area contributed by atoms with Crippen molar-refractivity contribution in [1.82, 2.24) is 10.3 Å². The Morgan fingerprint density at radius 3 is 2.88 bits per heavy atom. The van der Waals surface area contributed by atoms with Crippen LogP contribution in [-0.2, 0) is 9.47 Å². The molecule has 1 saturated heterocycles. The second kappa shape index (κ2) is 8.00. The quantitative estimate of drug-likeness (QED) is 0.501. The molecule has 1 heterocycles. The number of rotatable bonds is 7. The monoisotopic (exact) mass is 245 g/mol. The van der Waals surface area contributed by atoms with Crippen LogP contribution in [0.1, 0.15) is 27.2 Å². The van der Waals surface area contributed by atoms with Gasteiger partial charge in [-0.05, 0) is 26.8 Å². The Hall–Kier alpha value is -0.200. The van der Waals surface area contributed by atoms with E-state index in [1.54, 1.807) is 0 Å². The molecule has 17 heavy (non-hydrogen) atoms. The zero-order valence-electron chi connectivity index (χ0n) is 11.3. The number of morpholine rings is 1. The van der Waals surface area contributed by atoms with Crippen molar-refractivity contribution in [2.45, 2.75) is 45.4 Å². The van der Waals surface area contributed by atoms with Gasteiger partial charge in [0.1, 0.15) is 0 Å². The van der Waals surface area contributed by atoms with Crippen LogP contribution in [-0.4, -0.2) is 56.0 Å². The minimum absolute atomic E-state index is 0.0667. The largest absolute Gasteiger partial charge is 0.377 e. The number of nitrogens with one attached hydrogen (secondary N) is 1. The maximum Gasteiger partial charge on any atom is 0.0891 e. The lowest BCUT2D eigenvalue weighted by Gasteiger charge is -2.36. The number of ether oxygens (including phenoxy) is 2. The summed E-state index contributed by atoms with van der Waals surface area (Å²) < 4.78 is 11.4. The highest BCUT2D eigenvalue weighted by Gasteiger charge is 2.27. The summed E-state index contributed by atoms with van der Waals surface area (Å²) in [5.74, 6) is 5.58. The van der Waals surface area contributed by atoms with E-state index >= 15 is 0 Å². The van der Waals surface area contributed by atoms with Crippen LogP contribution in [0.25, 0.3) is 0 Å². The molecule has 0 amide bonds. The average Bonchev–Trinajstić information content (AvgIpc) is 2.30. The van der Waals surface area contributed by atoms with Crippen LogP contribution in [0.4, 0.5) is 0 Å². The minimum Gasteiger partial charge on any atom is -0.377 e. The molecular formula is C12H27N3O2. The smallest absolute Gasteiger partial charge is 0.0891 e. The zero-order valence-corrected chi connectivity index (χ0v) is 11.3. The first-order valence-electron chi connectivity index (χ1n) is 6.59. The zero-order chi connectivity index (χ0) is 12.7. The topological polar surface area (TPSA) is 59.8 Å². The fourth-order valence-electron chi connectivity index (χ4n) is 2.05. The van der Waals surface area contributed by atoms with Crippen LogP contribution < -0.4 is 11.3 Å². The highest BCUT2D eigenvalue weighted by Crippen LogP contribution is 2.10. The van der Waals surface area contributed by atoms with E-state index in [2.05, 4.69) is 17.2 Å². The second-order valence-electron chi connectivity index (χ2n) is 4.87. The molecule has 2 atom stereocenters. The number of hydrogen-bond donors (Lipinski definition) is 2. The van der Waals surface area contributed by atoms with Gasteiger partial charge in [-0.1, -0.05) is 6.92 Å². The molecule has 0 saturated carbocycles. The van der Waals surface area contributed by atoms with Gasteiger partial charge < -0.3 is 9.47 Å². The summed E-state index contributed by atoms with van der Waals surface area (Å²) in [6.45, 7) is 10.7. The fraction of sp³-hybridized carbons (Fsp3) is 1.00. The summed E-state index contributed by atoms with van der Waals surface area (Å²) in [7, 11) is 0. The molecule has 0 spiro atoms. The first-order valence-corrected chi connectivity index (χ1v) is 6.59. The molecule has 0 bridgehead atoms. The summed E-state index contributed by atoms with van der Waals surface area (Å²) in [6.07, 6.45) is 1.52. The Balaban J connectivity index is 2.38. The van der Waals surface area contributed by atoms with E-state index in [4.69, 9.17) is 15.3 Å². The standard InChI is InChI=1S/C12H27N3O2/c1-4-5-15-6-7-16-12(8-15)11(14-13)9-17-10(2)3/h10-12,14H,4-9,13H2,1-3H3.